The molecule has 0 atom stereocenters. The zero-order chi connectivity index (χ0) is 5.28. The molecule has 38 valence electrons. The van der Waals surface area contributed by atoms with Crippen LogP contribution in [0.1, 0.15) is 5.76 Å². The van der Waals surface area contributed by atoms with Gasteiger partial charge in [-0.1, -0.05) is 5.10 Å². The molecule has 1 heterocycles. The van der Waals surface area contributed by atoms with Crippen molar-refractivity contribution in [2.75, 3.05) is 0 Å². The molecule has 1 N–H and O–H groups in total. The Morgan fingerprint density at radius 1 is 1.71 bits per heavy atom. The fourth-order valence-electron chi connectivity index (χ4n) is 0.232. The number of nitrogens with zero attached hydrogens (tertiary/aromatic N) is 2. The van der Waals surface area contributed by atoms with E-state index in [0.717, 1.165) is 0 Å². The second-order valence-electron chi connectivity index (χ2n) is 1.15. The minimum atomic E-state index is -0.139. The van der Waals surface area contributed by atoms with E-state index in [0.29, 0.717) is 5.76 Å². The molecule has 0 unspecified atom stereocenters. The van der Waals surface area contributed by atoms with Gasteiger partial charge in [0.15, 0.2) is 5.76 Å². The van der Waals surface area contributed by atoms with Gasteiger partial charge >= 0.3 is 0 Å². The summed E-state index contributed by atoms with van der Waals surface area (Å²) >= 11 is 0. The largest absolute Gasteiger partial charge is 0.490 e. The van der Waals surface area contributed by atoms with Crippen molar-refractivity contribution in [3.05, 3.63) is 5.76 Å². The topological polar surface area (TPSA) is 59.2 Å². The normalized spacial score (nSPS) is 9.29. The van der Waals surface area contributed by atoms with E-state index < -0.39 is 0 Å². The summed E-state index contributed by atoms with van der Waals surface area (Å²) in [4.78, 5) is 0. The first-order valence-corrected chi connectivity index (χ1v) is 1.78. The number of rotatable bonds is 0. The monoisotopic (exact) mass is 100 g/mol. The molecule has 0 aliphatic carbocycles. The van der Waals surface area contributed by atoms with Crippen LogP contribution >= 0.6 is 0 Å². The Morgan fingerprint density at radius 3 is 2.57 bits per heavy atom. The number of aryl methyl sites for hydroxylation is 1. The van der Waals surface area contributed by atoms with E-state index in [4.69, 9.17) is 5.11 Å². The van der Waals surface area contributed by atoms with Crippen LogP contribution in [-0.2, 0) is 0 Å². The molecular formula is C3H4N2O2. The van der Waals surface area contributed by atoms with E-state index in [-0.39, 0.29) is 5.88 Å². The smallest absolute Gasteiger partial charge is 0.276 e. The maximum atomic E-state index is 8.49. The Hall–Kier alpha value is -1.06. The Kier molecular flexibility index (Phi) is 0.714. The lowest BCUT2D eigenvalue weighted by molar-refractivity contribution is 0.371. The number of hydrogen-bond donors (Lipinski definition) is 1. The summed E-state index contributed by atoms with van der Waals surface area (Å²) < 4.78 is 4.35. The van der Waals surface area contributed by atoms with Crippen LogP contribution in [0.25, 0.3) is 0 Å². The van der Waals surface area contributed by atoms with Crippen molar-refractivity contribution in [2.45, 2.75) is 6.92 Å². The van der Waals surface area contributed by atoms with Crippen molar-refractivity contribution in [1.82, 2.24) is 10.4 Å². The second kappa shape index (κ2) is 1.22. The van der Waals surface area contributed by atoms with Gasteiger partial charge in [0.1, 0.15) is 0 Å². The number of aromatic nitrogens is 2. The standard InChI is InChI=1S/C3H4N2O2/c1-2-3(6)4-5-7-2/h6H,1H3. The molecule has 0 radical (unpaired) electrons. The quantitative estimate of drug-likeness (QED) is 0.501. The minimum Gasteiger partial charge on any atom is -0.490 e. The average Bonchev–Trinajstić information content (AvgIpc) is 1.91. The third-order valence-electron chi connectivity index (χ3n) is 0.628. The lowest BCUT2D eigenvalue weighted by atomic mass is 10.6. The summed E-state index contributed by atoms with van der Waals surface area (Å²) in [5, 5.41) is 14.7. The highest BCUT2D eigenvalue weighted by molar-refractivity contribution is 5.06. The fourth-order valence-corrected chi connectivity index (χ4v) is 0.232. The second-order valence-corrected chi connectivity index (χ2v) is 1.15. The van der Waals surface area contributed by atoms with E-state index in [2.05, 4.69) is 14.9 Å². The maximum absolute atomic E-state index is 8.49. The predicted octanol–water partition coefficient (Wildman–Crippen LogP) is 0.0836. The van der Waals surface area contributed by atoms with Gasteiger partial charge < -0.3 is 9.63 Å². The molecule has 1 rings (SSSR count). The van der Waals surface area contributed by atoms with Crippen molar-refractivity contribution in [1.29, 1.82) is 0 Å². The van der Waals surface area contributed by atoms with E-state index in [1.807, 2.05) is 0 Å². The molecule has 0 aliphatic heterocycles. The molecule has 0 bridgehead atoms. The van der Waals surface area contributed by atoms with E-state index in [1.54, 1.807) is 6.92 Å². The average molecular weight is 100 g/mol. The van der Waals surface area contributed by atoms with E-state index in [9.17, 15) is 0 Å². The van der Waals surface area contributed by atoms with Crippen LogP contribution in [0.15, 0.2) is 4.52 Å². The Balaban J connectivity index is 3.12. The summed E-state index contributed by atoms with van der Waals surface area (Å²) in [7, 11) is 0. The zero-order valence-electron chi connectivity index (χ0n) is 3.75. The maximum Gasteiger partial charge on any atom is 0.276 e. The van der Waals surface area contributed by atoms with Crippen LogP contribution in [0.3, 0.4) is 0 Å². The molecule has 0 saturated carbocycles. The highest BCUT2D eigenvalue weighted by Crippen LogP contribution is 2.06. The Bertz CT molecular complexity index is 143. The van der Waals surface area contributed by atoms with Gasteiger partial charge in [-0.3, -0.25) is 0 Å². The van der Waals surface area contributed by atoms with Crippen LogP contribution in [0, 0.1) is 6.92 Å². The zero-order valence-corrected chi connectivity index (χ0v) is 3.75. The summed E-state index contributed by atoms with van der Waals surface area (Å²) in [6.45, 7) is 1.58. The van der Waals surface area contributed by atoms with Crippen molar-refractivity contribution in [3.8, 4) is 5.88 Å². The van der Waals surface area contributed by atoms with Gasteiger partial charge in [-0.05, 0) is 0 Å². The van der Waals surface area contributed by atoms with Crippen molar-refractivity contribution in [3.63, 3.8) is 0 Å². The lowest BCUT2D eigenvalue weighted by Crippen LogP contribution is -1.62. The first-order valence-electron chi connectivity index (χ1n) is 1.78. The van der Waals surface area contributed by atoms with Gasteiger partial charge in [0, 0.05) is 12.2 Å². The molecule has 0 aromatic carbocycles. The SMILES string of the molecule is Cc1onnc1O. The van der Waals surface area contributed by atoms with E-state index >= 15 is 0 Å². The lowest BCUT2D eigenvalue weighted by Gasteiger charge is -1.72. The van der Waals surface area contributed by atoms with Crippen LogP contribution < -0.4 is 0 Å². The molecule has 1 aromatic heterocycles. The molecule has 0 saturated heterocycles. The summed E-state index contributed by atoms with van der Waals surface area (Å²) in [6, 6.07) is 0. The minimum absolute atomic E-state index is 0.139. The molecule has 0 aliphatic rings. The third kappa shape index (κ3) is 0.534. The summed E-state index contributed by atoms with van der Waals surface area (Å²) in [5.74, 6) is 0.208. The molecule has 7 heavy (non-hydrogen) atoms. The van der Waals surface area contributed by atoms with Gasteiger partial charge in [-0.15, -0.1) is 0 Å². The predicted molar refractivity (Wildman–Crippen MR) is 20.7 cm³/mol. The molecule has 4 heteroatoms. The van der Waals surface area contributed by atoms with Crippen LogP contribution in [-0.4, -0.2) is 15.5 Å². The molecule has 1 aromatic rings. The number of hydrogen-bond acceptors (Lipinski definition) is 4. The van der Waals surface area contributed by atoms with Gasteiger partial charge in [-0.2, -0.15) is 0 Å². The van der Waals surface area contributed by atoms with Gasteiger partial charge in [0.05, 0.1) is 0 Å². The van der Waals surface area contributed by atoms with Gasteiger partial charge in [0.2, 0.25) is 0 Å². The first-order chi connectivity index (χ1) is 3.30. The number of aromatic hydroxyl groups is 1. The van der Waals surface area contributed by atoms with Gasteiger partial charge in [-0.25, -0.2) is 0 Å². The van der Waals surface area contributed by atoms with Gasteiger partial charge in [0.25, 0.3) is 5.88 Å². The van der Waals surface area contributed by atoms with Crippen molar-refractivity contribution >= 4 is 0 Å². The molecule has 0 spiro atoms. The summed E-state index contributed by atoms with van der Waals surface area (Å²) in [6.07, 6.45) is 0. The fraction of sp³-hybridized carbons (Fsp3) is 0.333. The van der Waals surface area contributed by atoms with Crippen LogP contribution in [0.5, 0.6) is 5.88 Å². The summed E-state index contributed by atoms with van der Waals surface area (Å²) in [5.41, 5.74) is 0. The van der Waals surface area contributed by atoms with Crippen molar-refractivity contribution < 1.29 is 9.63 Å². The highest BCUT2D eigenvalue weighted by Gasteiger charge is 1.97. The molecule has 4 nitrogen and oxygen atoms in total. The van der Waals surface area contributed by atoms with Crippen LogP contribution in [0.2, 0.25) is 0 Å². The third-order valence-corrected chi connectivity index (χ3v) is 0.628. The molecule has 0 amide bonds. The van der Waals surface area contributed by atoms with Crippen LogP contribution in [0.4, 0.5) is 0 Å². The first kappa shape index (κ1) is 4.11. The van der Waals surface area contributed by atoms with E-state index in [1.165, 1.54) is 0 Å². The highest BCUT2D eigenvalue weighted by atomic mass is 16.5. The Morgan fingerprint density at radius 2 is 2.43 bits per heavy atom. The van der Waals surface area contributed by atoms with Crippen molar-refractivity contribution in [2.24, 2.45) is 0 Å². The molecule has 0 fully saturated rings. The Labute approximate surface area is 39.7 Å². The molecular weight excluding hydrogens is 96.0 g/mol.